The number of benzene rings is 1. The first kappa shape index (κ1) is 16.9. The highest BCUT2D eigenvalue weighted by atomic mass is 32.2. The van der Waals surface area contributed by atoms with Crippen LogP contribution in [-0.4, -0.2) is 26.2 Å². The fraction of sp³-hybridized carbons (Fsp3) is 0.500. The summed E-state index contributed by atoms with van der Waals surface area (Å²) in [6.45, 7) is 3.41. The topological polar surface area (TPSA) is 66.4 Å². The van der Waals surface area contributed by atoms with Gasteiger partial charge in [-0.3, -0.25) is 0 Å². The van der Waals surface area contributed by atoms with Gasteiger partial charge in [0.1, 0.15) is 0 Å². The van der Waals surface area contributed by atoms with Gasteiger partial charge in [-0.15, -0.1) is 0 Å². The van der Waals surface area contributed by atoms with Crippen molar-refractivity contribution in [2.75, 3.05) is 6.54 Å². The monoisotopic (exact) mass is 311 g/mol. The number of halogens is 3. The Kier molecular flexibility index (Phi) is 5.55. The summed E-state index contributed by atoms with van der Waals surface area (Å²) in [6, 6.07) is 0.769. The molecule has 0 aliphatic heterocycles. The summed E-state index contributed by atoms with van der Waals surface area (Å²) in [5, 5.41) is 9.55. The summed E-state index contributed by atoms with van der Waals surface area (Å²) in [4.78, 5) is -0.731. The van der Waals surface area contributed by atoms with Gasteiger partial charge >= 0.3 is 0 Å². The molecule has 1 aromatic rings. The lowest BCUT2D eigenvalue weighted by Gasteiger charge is -2.14. The van der Waals surface area contributed by atoms with Crippen molar-refractivity contribution < 1.29 is 26.7 Å². The third-order valence-corrected chi connectivity index (χ3v) is 3.92. The van der Waals surface area contributed by atoms with Crippen LogP contribution < -0.4 is 4.72 Å². The quantitative estimate of drug-likeness (QED) is 0.787. The Balaban J connectivity index is 2.84. The summed E-state index contributed by atoms with van der Waals surface area (Å²) in [6.07, 6.45) is -0.547. The molecule has 0 heterocycles. The maximum atomic E-state index is 13.0. The molecular weight excluding hydrogens is 295 g/mol. The molecule has 1 unspecified atom stereocenters. The summed E-state index contributed by atoms with van der Waals surface area (Å²) < 4.78 is 64.3. The van der Waals surface area contributed by atoms with Crippen molar-refractivity contribution in [1.82, 2.24) is 4.72 Å². The molecule has 1 atom stereocenters. The Hall–Kier alpha value is -1.12. The van der Waals surface area contributed by atoms with E-state index in [4.69, 9.17) is 0 Å². The Morgan fingerprint density at radius 3 is 2.15 bits per heavy atom. The first-order valence-corrected chi connectivity index (χ1v) is 7.44. The minimum Gasteiger partial charge on any atom is -0.392 e. The molecule has 20 heavy (non-hydrogen) atoms. The summed E-state index contributed by atoms with van der Waals surface area (Å²) in [5.41, 5.74) is 0. The maximum absolute atomic E-state index is 13.0. The van der Waals surface area contributed by atoms with Crippen LogP contribution in [0.2, 0.25) is 0 Å². The van der Waals surface area contributed by atoms with Gasteiger partial charge in [-0.2, -0.15) is 0 Å². The van der Waals surface area contributed by atoms with Gasteiger partial charge in [-0.05, 0) is 24.5 Å². The molecule has 1 rings (SSSR count). The second-order valence-corrected chi connectivity index (χ2v) is 6.60. The number of aliphatic hydroxyl groups is 1. The number of hydrogen-bond acceptors (Lipinski definition) is 3. The fourth-order valence-corrected chi connectivity index (χ4v) is 2.70. The summed E-state index contributed by atoms with van der Waals surface area (Å²) in [5.74, 6) is -4.75. The van der Waals surface area contributed by atoms with Crippen molar-refractivity contribution in [3.8, 4) is 0 Å². The molecule has 8 heteroatoms. The second-order valence-electron chi connectivity index (χ2n) is 4.84. The lowest BCUT2D eigenvalue weighted by atomic mass is 10.1. The van der Waals surface area contributed by atoms with E-state index in [9.17, 15) is 26.7 Å². The van der Waals surface area contributed by atoms with Gasteiger partial charge < -0.3 is 5.11 Å². The lowest BCUT2D eigenvalue weighted by molar-refractivity contribution is 0.152. The van der Waals surface area contributed by atoms with Crippen LogP contribution in [0.3, 0.4) is 0 Å². The molecule has 0 amide bonds. The van der Waals surface area contributed by atoms with Crippen LogP contribution in [-0.2, 0) is 10.0 Å². The van der Waals surface area contributed by atoms with E-state index < -0.39 is 38.5 Å². The Labute approximate surface area is 115 Å². The number of rotatable bonds is 6. The highest BCUT2D eigenvalue weighted by Crippen LogP contribution is 2.17. The Morgan fingerprint density at radius 2 is 1.70 bits per heavy atom. The minimum atomic E-state index is -4.21. The first-order chi connectivity index (χ1) is 9.13. The van der Waals surface area contributed by atoms with Gasteiger partial charge in [0.05, 0.1) is 11.0 Å². The molecule has 0 fully saturated rings. The number of aliphatic hydroxyl groups excluding tert-OH is 1. The van der Waals surface area contributed by atoms with Crippen molar-refractivity contribution in [2.24, 2.45) is 5.92 Å². The lowest BCUT2D eigenvalue weighted by Crippen LogP contribution is -2.33. The van der Waals surface area contributed by atoms with Crippen LogP contribution in [0.4, 0.5) is 13.2 Å². The van der Waals surface area contributed by atoms with Gasteiger partial charge in [-0.1, -0.05) is 13.8 Å². The molecule has 114 valence electrons. The van der Waals surface area contributed by atoms with Crippen LogP contribution in [0, 0.1) is 23.4 Å². The normalized spacial score (nSPS) is 13.8. The van der Waals surface area contributed by atoms with E-state index in [2.05, 4.69) is 0 Å². The van der Waals surface area contributed by atoms with Crippen LogP contribution in [0.5, 0.6) is 0 Å². The van der Waals surface area contributed by atoms with E-state index in [0.29, 0.717) is 18.6 Å². The third kappa shape index (κ3) is 4.46. The average molecular weight is 311 g/mol. The van der Waals surface area contributed by atoms with Crippen LogP contribution in [0.15, 0.2) is 17.0 Å². The first-order valence-electron chi connectivity index (χ1n) is 5.95. The molecule has 0 bridgehead atoms. The minimum absolute atomic E-state index is 0.162. The van der Waals surface area contributed by atoms with Crippen LogP contribution in [0.25, 0.3) is 0 Å². The smallest absolute Gasteiger partial charge is 0.240 e. The molecule has 0 saturated carbocycles. The van der Waals surface area contributed by atoms with Crippen molar-refractivity contribution >= 4 is 10.0 Å². The largest absolute Gasteiger partial charge is 0.392 e. The molecule has 0 saturated heterocycles. The highest BCUT2D eigenvalue weighted by molar-refractivity contribution is 7.89. The molecule has 0 spiro atoms. The predicted molar refractivity (Wildman–Crippen MR) is 67.0 cm³/mol. The van der Waals surface area contributed by atoms with Gasteiger partial charge in [0.25, 0.3) is 0 Å². The van der Waals surface area contributed by atoms with E-state index in [1.54, 1.807) is 0 Å². The van der Waals surface area contributed by atoms with Gasteiger partial charge in [0.15, 0.2) is 17.5 Å². The molecule has 0 aliphatic carbocycles. The van der Waals surface area contributed by atoms with E-state index in [1.807, 2.05) is 18.6 Å². The molecule has 1 aromatic carbocycles. The zero-order valence-corrected chi connectivity index (χ0v) is 11.8. The van der Waals surface area contributed by atoms with Crippen LogP contribution in [0.1, 0.15) is 20.3 Å². The van der Waals surface area contributed by atoms with E-state index in [-0.39, 0.29) is 12.5 Å². The zero-order valence-electron chi connectivity index (χ0n) is 11.0. The highest BCUT2D eigenvalue weighted by Gasteiger charge is 2.21. The fourth-order valence-electron chi connectivity index (χ4n) is 1.60. The van der Waals surface area contributed by atoms with Crippen LogP contribution >= 0.6 is 0 Å². The second kappa shape index (κ2) is 6.55. The van der Waals surface area contributed by atoms with E-state index in [1.165, 1.54) is 0 Å². The molecule has 0 aromatic heterocycles. The van der Waals surface area contributed by atoms with Gasteiger partial charge in [0, 0.05) is 6.54 Å². The molecule has 2 N–H and O–H groups in total. The Morgan fingerprint density at radius 1 is 1.20 bits per heavy atom. The Bertz CT molecular complexity index is 552. The zero-order chi connectivity index (χ0) is 15.5. The summed E-state index contributed by atoms with van der Waals surface area (Å²) in [7, 11) is -4.21. The van der Waals surface area contributed by atoms with Crippen molar-refractivity contribution in [1.29, 1.82) is 0 Å². The van der Waals surface area contributed by atoms with Crippen molar-refractivity contribution in [3.05, 3.63) is 29.6 Å². The van der Waals surface area contributed by atoms with E-state index >= 15 is 0 Å². The molecule has 0 radical (unpaired) electrons. The maximum Gasteiger partial charge on any atom is 0.240 e. The number of hydrogen-bond donors (Lipinski definition) is 2. The van der Waals surface area contributed by atoms with Gasteiger partial charge in [0.2, 0.25) is 10.0 Å². The average Bonchev–Trinajstić information content (AvgIpc) is 2.32. The predicted octanol–water partition coefficient (Wildman–Crippen LogP) is 1.79. The number of nitrogens with one attached hydrogen (secondary N) is 1. The summed E-state index contributed by atoms with van der Waals surface area (Å²) >= 11 is 0. The molecule has 4 nitrogen and oxygen atoms in total. The number of sulfonamides is 1. The van der Waals surface area contributed by atoms with E-state index in [0.717, 1.165) is 0 Å². The van der Waals surface area contributed by atoms with Crippen molar-refractivity contribution in [2.45, 2.75) is 31.3 Å². The SMILES string of the molecule is CC(C)CC(O)CNS(=O)(=O)c1cc(F)c(F)c(F)c1. The van der Waals surface area contributed by atoms with Gasteiger partial charge in [-0.25, -0.2) is 26.3 Å². The third-order valence-electron chi connectivity index (χ3n) is 2.52. The molecular formula is C12H16F3NO3S. The molecule has 0 aliphatic rings. The van der Waals surface area contributed by atoms with Crippen molar-refractivity contribution in [3.63, 3.8) is 0 Å². The standard InChI is InChI=1S/C12H16F3NO3S/c1-7(2)3-8(17)6-16-20(18,19)9-4-10(13)12(15)11(14)5-9/h4-5,7-8,16-17H,3,6H2,1-2H3.